The van der Waals surface area contributed by atoms with Crippen molar-refractivity contribution < 1.29 is 29.5 Å². The minimum atomic E-state index is -0.556. The summed E-state index contributed by atoms with van der Waals surface area (Å²) in [7, 11) is 0. The molecule has 0 amide bonds. The summed E-state index contributed by atoms with van der Waals surface area (Å²) in [6.45, 7) is 23.2. The van der Waals surface area contributed by atoms with Gasteiger partial charge in [-0.15, -0.1) is 0 Å². The summed E-state index contributed by atoms with van der Waals surface area (Å²) in [5, 5.41) is 8.38. The third kappa shape index (κ3) is 14.1. The average molecular weight is 377 g/mol. The molecule has 0 rings (SSSR count). The quantitative estimate of drug-likeness (QED) is 0.524. The lowest BCUT2D eigenvalue weighted by atomic mass is 9.67. The Morgan fingerprint density at radius 2 is 1.19 bits per heavy atom. The molecule has 0 atom stereocenters. The number of hydrogen-bond acceptors (Lipinski definition) is 6. The maximum atomic E-state index is 11.3. The molecule has 0 unspecified atom stereocenters. The average Bonchev–Trinajstić information content (AvgIpc) is 2.30. The predicted octanol–water partition coefficient (Wildman–Crippen LogP) is 5.41. The van der Waals surface area contributed by atoms with E-state index in [1.54, 1.807) is 0 Å². The predicted molar refractivity (Wildman–Crippen MR) is 102 cm³/mol. The van der Waals surface area contributed by atoms with Gasteiger partial charge in [0.25, 0.3) is 0 Å². The van der Waals surface area contributed by atoms with Crippen molar-refractivity contribution >= 4 is 11.9 Å². The van der Waals surface area contributed by atoms with E-state index in [1.807, 2.05) is 83.1 Å². The lowest BCUT2D eigenvalue weighted by Gasteiger charge is -2.37. The number of hydrogen-bond donors (Lipinski definition) is 1. The molecule has 6 nitrogen and oxygen atoms in total. The van der Waals surface area contributed by atoms with Gasteiger partial charge >= 0.3 is 11.9 Å². The largest absolute Gasteiger partial charge is 0.346 e. The lowest BCUT2D eigenvalue weighted by Crippen LogP contribution is -2.39. The van der Waals surface area contributed by atoms with Gasteiger partial charge in [0.2, 0.25) is 0 Å². The summed E-state index contributed by atoms with van der Waals surface area (Å²) in [5.74, 6) is -1.19. The molecule has 26 heavy (non-hydrogen) atoms. The molecule has 0 aliphatic carbocycles. The fourth-order valence-electron chi connectivity index (χ4n) is 2.69. The summed E-state index contributed by atoms with van der Waals surface area (Å²) < 4.78 is 0. The van der Waals surface area contributed by atoms with E-state index in [1.165, 1.54) is 0 Å². The highest BCUT2D eigenvalue weighted by molar-refractivity contribution is 5.73. The zero-order valence-electron chi connectivity index (χ0n) is 18.8. The molecule has 0 aromatic rings. The van der Waals surface area contributed by atoms with E-state index in [2.05, 4.69) is 9.78 Å². The minimum Gasteiger partial charge on any atom is -0.301 e. The molecule has 0 saturated heterocycles. The van der Waals surface area contributed by atoms with E-state index >= 15 is 0 Å². The molecule has 0 aromatic heterocycles. The minimum absolute atomic E-state index is 0.0572. The Labute approximate surface area is 159 Å². The van der Waals surface area contributed by atoms with Gasteiger partial charge in [-0.2, -0.15) is 10.1 Å². The van der Waals surface area contributed by atoms with Gasteiger partial charge in [-0.3, -0.25) is 4.89 Å². The van der Waals surface area contributed by atoms with E-state index in [-0.39, 0.29) is 28.1 Å². The molecule has 156 valence electrons. The zero-order chi connectivity index (χ0) is 21.6. The Balaban J connectivity index is 0. The molecule has 1 N–H and O–H groups in total. The second-order valence-corrected chi connectivity index (χ2v) is 11.0. The zero-order valence-corrected chi connectivity index (χ0v) is 18.8. The van der Waals surface area contributed by atoms with Crippen LogP contribution in [0.2, 0.25) is 0 Å². The van der Waals surface area contributed by atoms with Gasteiger partial charge < -0.3 is 4.89 Å². The maximum Gasteiger partial charge on any atom is 0.346 e. The Morgan fingerprint density at radius 3 is 1.38 bits per heavy atom. The summed E-state index contributed by atoms with van der Waals surface area (Å²) in [6, 6.07) is 0. The van der Waals surface area contributed by atoms with Crippen LogP contribution < -0.4 is 0 Å². The van der Waals surface area contributed by atoms with Crippen LogP contribution in [0, 0.1) is 22.2 Å². The van der Waals surface area contributed by atoms with E-state index in [0.29, 0.717) is 6.42 Å². The SMILES string of the molecule is CC(C)(C)C(C(=O)OO)C(C)(C)C.CC(C)(C)CC(=O)OOC(C)(C)C. The summed E-state index contributed by atoms with van der Waals surface area (Å²) in [4.78, 5) is 35.8. The van der Waals surface area contributed by atoms with Crippen molar-refractivity contribution in [3.05, 3.63) is 0 Å². The van der Waals surface area contributed by atoms with E-state index in [0.717, 1.165) is 0 Å². The van der Waals surface area contributed by atoms with Crippen LogP contribution in [0.3, 0.4) is 0 Å². The molecule has 0 spiro atoms. The fourth-order valence-corrected chi connectivity index (χ4v) is 2.69. The van der Waals surface area contributed by atoms with Crippen LogP contribution in [0.1, 0.15) is 89.5 Å². The highest BCUT2D eigenvalue weighted by Gasteiger charge is 2.41. The van der Waals surface area contributed by atoms with Gasteiger partial charge in [0.15, 0.2) is 0 Å². The van der Waals surface area contributed by atoms with Gasteiger partial charge in [0.1, 0.15) is 5.60 Å². The third-order valence-corrected chi connectivity index (χ3v) is 3.12. The first kappa shape index (κ1) is 27.1. The van der Waals surface area contributed by atoms with Crippen molar-refractivity contribution in [2.45, 2.75) is 95.1 Å². The van der Waals surface area contributed by atoms with Crippen molar-refractivity contribution in [2.24, 2.45) is 22.2 Å². The lowest BCUT2D eigenvalue weighted by molar-refractivity contribution is -0.321. The van der Waals surface area contributed by atoms with Crippen molar-refractivity contribution in [1.82, 2.24) is 0 Å². The first-order valence-electron chi connectivity index (χ1n) is 8.94. The van der Waals surface area contributed by atoms with Crippen molar-refractivity contribution in [3.63, 3.8) is 0 Å². The highest BCUT2D eigenvalue weighted by atomic mass is 17.2. The second-order valence-electron chi connectivity index (χ2n) is 11.0. The molecule has 0 bridgehead atoms. The third-order valence-electron chi connectivity index (χ3n) is 3.12. The Bertz CT molecular complexity index is 427. The van der Waals surface area contributed by atoms with E-state index in [4.69, 9.17) is 10.1 Å². The van der Waals surface area contributed by atoms with Gasteiger partial charge in [0.05, 0.1) is 12.3 Å². The van der Waals surface area contributed by atoms with Gasteiger partial charge in [-0.05, 0) is 37.0 Å². The number of carbonyl (C=O) groups is 2. The summed E-state index contributed by atoms with van der Waals surface area (Å²) in [5.41, 5.74) is -0.915. The Hall–Kier alpha value is -1.14. The first-order valence-corrected chi connectivity index (χ1v) is 8.94. The van der Waals surface area contributed by atoms with Crippen LogP contribution in [-0.2, 0) is 24.3 Å². The molecule has 0 aliphatic heterocycles. The smallest absolute Gasteiger partial charge is 0.301 e. The van der Waals surface area contributed by atoms with Gasteiger partial charge in [0, 0.05) is 0 Å². The van der Waals surface area contributed by atoms with Crippen LogP contribution in [-0.4, -0.2) is 22.8 Å². The number of carbonyl (C=O) groups excluding carboxylic acids is 2. The highest BCUT2D eigenvalue weighted by Crippen LogP contribution is 2.40. The summed E-state index contributed by atoms with van der Waals surface area (Å²) >= 11 is 0. The first-order chi connectivity index (χ1) is 11.2. The Morgan fingerprint density at radius 1 is 0.808 bits per heavy atom. The molecule has 0 saturated carbocycles. The molecule has 0 aromatic carbocycles. The van der Waals surface area contributed by atoms with E-state index < -0.39 is 11.6 Å². The van der Waals surface area contributed by atoms with Crippen LogP contribution >= 0.6 is 0 Å². The number of rotatable bonds is 3. The fraction of sp³-hybridized carbons (Fsp3) is 0.900. The van der Waals surface area contributed by atoms with Crippen LogP contribution in [0.4, 0.5) is 0 Å². The normalized spacial score (nSPS) is 13.0. The summed E-state index contributed by atoms with van der Waals surface area (Å²) in [6.07, 6.45) is 0.364. The molecular weight excluding hydrogens is 336 g/mol. The van der Waals surface area contributed by atoms with Crippen LogP contribution in [0.25, 0.3) is 0 Å². The Kier molecular flexibility index (Phi) is 10.1. The van der Waals surface area contributed by atoms with E-state index in [9.17, 15) is 9.59 Å². The monoisotopic (exact) mass is 376 g/mol. The topological polar surface area (TPSA) is 82.1 Å². The van der Waals surface area contributed by atoms with Gasteiger partial charge in [-0.1, -0.05) is 62.3 Å². The molecule has 0 heterocycles. The van der Waals surface area contributed by atoms with Crippen molar-refractivity contribution in [3.8, 4) is 0 Å². The maximum absolute atomic E-state index is 11.3. The standard InChI is InChI=1S/2C10H20O3/c1-9(2,3)7-8(11)12-13-10(4,5)6;1-9(2,3)7(8(11)13-12)10(4,5)6/h7H2,1-6H3;7,12H,1-6H3. The van der Waals surface area contributed by atoms with Crippen LogP contribution in [0.5, 0.6) is 0 Å². The molecular formula is C20H40O6. The van der Waals surface area contributed by atoms with Crippen LogP contribution in [0.15, 0.2) is 0 Å². The molecule has 6 heteroatoms. The van der Waals surface area contributed by atoms with Crippen molar-refractivity contribution in [1.29, 1.82) is 0 Å². The van der Waals surface area contributed by atoms with Crippen molar-refractivity contribution in [2.75, 3.05) is 0 Å². The van der Waals surface area contributed by atoms with Gasteiger partial charge in [-0.25, -0.2) is 9.59 Å². The molecule has 0 aliphatic rings. The second kappa shape index (κ2) is 9.70. The molecule has 0 radical (unpaired) electrons. The molecule has 0 fully saturated rings.